The van der Waals surface area contributed by atoms with Crippen LogP contribution in [0.2, 0.25) is 0 Å². The molecular formula is C12H22N4. The molecule has 4 nitrogen and oxygen atoms in total. The van der Waals surface area contributed by atoms with Crippen LogP contribution in [-0.2, 0) is 13.0 Å². The van der Waals surface area contributed by atoms with Gasteiger partial charge in [0.2, 0.25) is 0 Å². The Hall–Kier alpha value is -0.900. The molecule has 2 rings (SSSR count). The van der Waals surface area contributed by atoms with E-state index in [0.29, 0.717) is 0 Å². The topological polar surface area (TPSA) is 42.7 Å². The van der Waals surface area contributed by atoms with E-state index in [1.54, 1.807) is 6.33 Å². The normalized spacial score (nSPS) is 25.9. The van der Waals surface area contributed by atoms with Gasteiger partial charge in [-0.25, -0.2) is 4.98 Å². The average Bonchev–Trinajstić information content (AvgIpc) is 2.70. The second kappa shape index (κ2) is 5.43. The molecule has 1 aromatic heterocycles. The van der Waals surface area contributed by atoms with Crippen molar-refractivity contribution in [3.05, 3.63) is 12.2 Å². The molecule has 0 amide bonds. The van der Waals surface area contributed by atoms with E-state index in [-0.39, 0.29) is 0 Å². The summed E-state index contributed by atoms with van der Waals surface area (Å²) >= 11 is 0. The molecule has 0 spiro atoms. The summed E-state index contributed by atoms with van der Waals surface area (Å²) in [6, 6.07) is 0. The van der Waals surface area contributed by atoms with Crippen molar-refractivity contribution in [3.8, 4) is 0 Å². The molecule has 0 bridgehead atoms. The Morgan fingerprint density at radius 3 is 3.19 bits per heavy atom. The van der Waals surface area contributed by atoms with E-state index < -0.39 is 0 Å². The summed E-state index contributed by atoms with van der Waals surface area (Å²) in [6.07, 6.45) is 5.16. The van der Waals surface area contributed by atoms with Crippen molar-refractivity contribution >= 4 is 0 Å². The predicted octanol–water partition coefficient (Wildman–Crippen LogP) is 1.48. The highest BCUT2D eigenvalue weighted by atomic mass is 15.3. The number of nitrogens with one attached hydrogen (secondary N) is 1. The van der Waals surface area contributed by atoms with Gasteiger partial charge in [0.25, 0.3) is 0 Å². The molecule has 0 aliphatic carbocycles. The van der Waals surface area contributed by atoms with E-state index in [2.05, 4.69) is 33.9 Å². The summed E-state index contributed by atoms with van der Waals surface area (Å²) in [5, 5.41) is 7.73. The fourth-order valence-corrected chi connectivity index (χ4v) is 2.45. The Bertz CT molecular complexity index is 321. The number of aromatic nitrogens is 3. The van der Waals surface area contributed by atoms with Crippen LogP contribution in [0.1, 0.15) is 32.5 Å². The minimum absolute atomic E-state index is 0.750. The van der Waals surface area contributed by atoms with Gasteiger partial charge in [-0.3, -0.25) is 4.68 Å². The van der Waals surface area contributed by atoms with Gasteiger partial charge in [0, 0.05) is 13.0 Å². The molecule has 0 saturated carbocycles. The highest BCUT2D eigenvalue weighted by Gasteiger charge is 2.22. The third-order valence-electron chi connectivity index (χ3n) is 3.54. The van der Waals surface area contributed by atoms with Gasteiger partial charge in [-0.15, -0.1) is 0 Å². The Kier molecular flexibility index (Phi) is 3.93. The number of piperidine rings is 1. The first-order valence-corrected chi connectivity index (χ1v) is 6.38. The lowest BCUT2D eigenvalue weighted by atomic mass is 9.85. The van der Waals surface area contributed by atoms with Gasteiger partial charge in [0.1, 0.15) is 12.2 Å². The maximum atomic E-state index is 4.39. The molecule has 1 aromatic rings. The van der Waals surface area contributed by atoms with Crippen LogP contribution in [0.4, 0.5) is 0 Å². The Morgan fingerprint density at radius 2 is 2.44 bits per heavy atom. The fourth-order valence-electron chi connectivity index (χ4n) is 2.45. The minimum Gasteiger partial charge on any atom is -0.316 e. The lowest BCUT2D eigenvalue weighted by Gasteiger charge is -2.29. The van der Waals surface area contributed by atoms with Crippen LogP contribution < -0.4 is 5.32 Å². The Balaban J connectivity index is 1.99. The Labute approximate surface area is 97.5 Å². The van der Waals surface area contributed by atoms with E-state index >= 15 is 0 Å². The van der Waals surface area contributed by atoms with Crippen LogP contribution in [0.5, 0.6) is 0 Å². The van der Waals surface area contributed by atoms with Crippen LogP contribution in [0.25, 0.3) is 0 Å². The van der Waals surface area contributed by atoms with Crippen molar-refractivity contribution in [2.75, 3.05) is 13.1 Å². The summed E-state index contributed by atoms with van der Waals surface area (Å²) in [4.78, 5) is 4.39. The zero-order valence-electron chi connectivity index (χ0n) is 10.3. The van der Waals surface area contributed by atoms with Crippen LogP contribution in [-0.4, -0.2) is 27.9 Å². The number of aryl methyl sites for hydroxylation is 1. The van der Waals surface area contributed by atoms with Gasteiger partial charge >= 0.3 is 0 Å². The third-order valence-corrected chi connectivity index (χ3v) is 3.54. The number of hydrogen-bond acceptors (Lipinski definition) is 3. The lowest BCUT2D eigenvalue weighted by Crippen LogP contribution is -2.36. The van der Waals surface area contributed by atoms with Gasteiger partial charge in [-0.05, 0) is 37.8 Å². The lowest BCUT2D eigenvalue weighted by molar-refractivity contribution is 0.265. The zero-order chi connectivity index (χ0) is 11.4. The van der Waals surface area contributed by atoms with Crippen molar-refractivity contribution in [1.29, 1.82) is 0 Å². The summed E-state index contributed by atoms with van der Waals surface area (Å²) in [5.41, 5.74) is 0. The largest absolute Gasteiger partial charge is 0.316 e. The van der Waals surface area contributed by atoms with E-state index in [0.717, 1.165) is 44.3 Å². The van der Waals surface area contributed by atoms with Gasteiger partial charge in [-0.1, -0.05) is 13.8 Å². The molecule has 2 atom stereocenters. The highest BCUT2D eigenvalue weighted by Crippen LogP contribution is 2.22. The van der Waals surface area contributed by atoms with E-state index in [1.807, 2.05) is 0 Å². The van der Waals surface area contributed by atoms with Crippen molar-refractivity contribution in [2.24, 2.45) is 11.8 Å². The van der Waals surface area contributed by atoms with E-state index in [1.165, 1.54) is 12.2 Å². The molecule has 2 unspecified atom stereocenters. The van der Waals surface area contributed by atoms with Crippen LogP contribution in [0.15, 0.2) is 6.33 Å². The second-order valence-corrected chi connectivity index (χ2v) is 4.83. The Morgan fingerprint density at radius 1 is 1.56 bits per heavy atom. The van der Waals surface area contributed by atoms with Gasteiger partial charge < -0.3 is 5.32 Å². The highest BCUT2D eigenvalue weighted by molar-refractivity contribution is 4.90. The van der Waals surface area contributed by atoms with Gasteiger partial charge in [0.05, 0.1) is 0 Å². The fraction of sp³-hybridized carbons (Fsp3) is 0.833. The molecule has 1 aliphatic heterocycles. The third kappa shape index (κ3) is 2.61. The second-order valence-electron chi connectivity index (χ2n) is 4.83. The summed E-state index contributed by atoms with van der Waals surface area (Å²) < 4.78 is 2.06. The molecular weight excluding hydrogens is 200 g/mol. The smallest absolute Gasteiger partial charge is 0.138 e. The average molecular weight is 222 g/mol. The summed E-state index contributed by atoms with van der Waals surface area (Å²) in [7, 11) is 0. The molecule has 1 saturated heterocycles. The number of nitrogens with zero attached hydrogens (tertiary/aromatic N) is 3. The molecule has 1 aliphatic rings. The SMILES string of the molecule is CCCn1ncnc1CC1CCNCC1C. The molecule has 2 heterocycles. The monoisotopic (exact) mass is 222 g/mol. The molecule has 0 aromatic carbocycles. The summed E-state index contributed by atoms with van der Waals surface area (Å²) in [6.45, 7) is 7.80. The van der Waals surface area contributed by atoms with Crippen LogP contribution >= 0.6 is 0 Å². The number of rotatable bonds is 4. The standard InChI is InChI=1S/C12H22N4/c1-3-6-16-12(14-9-15-16)7-11-4-5-13-8-10(11)2/h9-11,13H,3-8H2,1-2H3. The maximum absolute atomic E-state index is 4.39. The van der Waals surface area contributed by atoms with Crippen molar-refractivity contribution in [1.82, 2.24) is 20.1 Å². The van der Waals surface area contributed by atoms with Gasteiger partial charge in [-0.2, -0.15) is 5.10 Å². The molecule has 90 valence electrons. The molecule has 4 heteroatoms. The zero-order valence-corrected chi connectivity index (χ0v) is 10.3. The number of hydrogen-bond donors (Lipinski definition) is 1. The first kappa shape index (κ1) is 11.6. The maximum Gasteiger partial charge on any atom is 0.138 e. The van der Waals surface area contributed by atoms with Crippen LogP contribution in [0, 0.1) is 11.8 Å². The minimum atomic E-state index is 0.750. The molecule has 1 N–H and O–H groups in total. The van der Waals surface area contributed by atoms with E-state index in [4.69, 9.17) is 0 Å². The van der Waals surface area contributed by atoms with Crippen molar-refractivity contribution < 1.29 is 0 Å². The molecule has 1 fully saturated rings. The van der Waals surface area contributed by atoms with E-state index in [9.17, 15) is 0 Å². The first-order valence-electron chi connectivity index (χ1n) is 6.38. The van der Waals surface area contributed by atoms with Crippen LogP contribution in [0.3, 0.4) is 0 Å². The molecule has 0 radical (unpaired) electrons. The summed E-state index contributed by atoms with van der Waals surface area (Å²) in [5.74, 6) is 2.68. The quantitative estimate of drug-likeness (QED) is 0.839. The predicted molar refractivity (Wildman–Crippen MR) is 64.2 cm³/mol. The molecule has 16 heavy (non-hydrogen) atoms. The van der Waals surface area contributed by atoms with Crippen molar-refractivity contribution in [2.45, 2.75) is 39.7 Å². The van der Waals surface area contributed by atoms with Crippen molar-refractivity contribution in [3.63, 3.8) is 0 Å². The van der Waals surface area contributed by atoms with Gasteiger partial charge in [0.15, 0.2) is 0 Å². The first-order chi connectivity index (χ1) is 7.81.